The van der Waals surface area contributed by atoms with E-state index in [4.69, 9.17) is 4.74 Å². The summed E-state index contributed by atoms with van der Waals surface area (Å²) in [6.07, 6.45) is 2.23. The zero-order chi connectivity index (χ0) is 28.2. The minimum atomic E-state index is -2.88. The number of piperazine rings is 1. The van der Waals surface area contributed by atoms with Gasteiger partial charge in [0.15, 0.2) is 0 Å². The van der Waals surface area contributed by atoms with E-state index in [2.05, 4.69) is 42.7 Å². The van der Waals surface area contributed by atoms with E-state index < -0.39 is 6.61 Å². The van der Waals surface area contributed by atoms with Crippen LogP contribution in [0.2, 0.25) is 0 Å². The molecule has 2 aromatic carbocycles. The van der Waals surface area contributed by atoms with Crippen molar-refractivity contribution in [3.05, 3.63) is 65.7 Å². The van der Waals surface area contributed by atoms with Gasteiger partial charge in [-0.05, 0) is 47.4 Å². The SMILES string of the molecule is CC(=O)N1CCC(CC(=O)N2CCN(C(c3ccccc3)c3cccc(OC(F)F)c3)C[C@@H]2C(C)(C)C)CC1. The molecule has 2 amide bonds. The summed E-state index contributed by atoms with van der Waals surface area (Å²) in [6.45, 7) is 8.59. The Kier molecular flexibility index (Phi) is 9.26. The second-order valence-corrected chi connectivity index (χ2v) is 11.9. The zero-order valence-electron chi connectivity index (χ0n) is 23.5. The lowest BCUT2D eigenvalue weighted by atomic mass is 9.82. The summed E-state index contributed by atoms with van der Waals surface area (Å²) < 4.78 is 30.7. The molecule has 4 rings (SSSR count). The number of likely N-dealkylation sites (tertiary alicyclic amines) is 1. The maximum Gasteiger partial charge on any atom is 0.387 e. The Bertz CT molecular complexity index is 1110. The van der Waals surface area contributed by atoms with Crippen molar-refractivity contribution in [2.24, 2.45) is 11.3 Å². The monoisotopic (exact) mass is 541 g/mol. The molecule has 1 unspecified atom stereocenters. The molecule has 212 valence electrons. The Morgan fingerprint density at radius 3 is 2.23 bits per heavy atom. The van der Waals surface area contributed by atoms with Crippen molar-refractivity contribution in [1.82, 2.24) is 14.7 Å². The predicted octanol–water partition coefficient (Wildman–Crippen LogP) is 5.58. The molecule has 2 aliphatic heterocycles. The van der Waals surface area contributed by atoms with Crippen molar-refractivity contribution in [3.63, 3.8) is 0 Å². The first kappa shape index (κ1) is 29.0. The molecule has 0 N–H and O–H groups in total. The highest BCUT2D eigenvalue weighted by Gasteiger charge is 2.40. The van der Waals surface area contributed by atoms with Crippen molar-refractivity contribution in [2.45, 2.75) is 65.7 Å². The number of hydrogen-bond donors (Lipinski definition) is 0. The summed E-state index contributed by atoms with van der Waals surface area (Å²) in [4.78, 5) is 31.6. The van der Waals surface area contributed by atoms with Crippen LogP contribution in [0.5, 0.6) is 5.75 Å². The lowest BCUT2D eigenvalue weighted by Gasteiger charge is -2.50. The third-order valence-electron chi connectivity index (χ3n) is 8.13. The fraction of sp³-hybridized carbons (Fsp3) is 0.548. The summed E-state index contributed by atoms with van der Waals surface area (Å²) in [5, 5.41) is 0. The third kappa shape index (κ3) is 7.35. The quantitative estimate of drug-likeness (QED) is 0.459. The van der Waals surface area contributed by atoms with E-state index >= 15 is 0 Å². The van der Waals surface area contributed by atoms with Gasteiger partial charge in [-0.1, -0.05) is 63.2 Å². The van der Waals surface area contributed by atoms with Gasteiger partial charge >= 0.3 is 6.61 Å². The van der Waals surface area contributed by atoms with Crippen molar-refractivity contribution in [1.29, 1.82) is 0 Å². The molecular formula is C31H41F2N3O3. The Hall–Kier alpha value is -3.00. The summed E-state index contributed by atoms with van der Waals surface area (Å²) in [5.41, 5.74) is 1.79. The van der Waals surface area contributed by atoms with Crippen LogP contribution in [0.1, 0.15) is 64.1 Å². The number of carbonyl (C=O) groups excluding carboxylic acids is 2. The van der Waals surface area contributed by atoms with Gasteiger partial charge in [-0.25, -0.2) is 0 Å². The van der Waals surface area contributed by atoms with Crippen LogP contribution in [0.4, 0.5) is 8.78 Å². The number of halogens is 2. The molecule has 0 aliphatic carbocycles. The van der Waals surface area contributed by atoms with Gasteiger partial charge in [-0.15, -0.1) is 0 Å². The number of alkyl halides is 2. The number of benzene rings is 2. The lowest BCUT2D eigenvalue weighted by Crippen LogP contribution is -2.60. The zero-order valence-corrected chi connectivity index (χ0v) is 23.5. The van der Waals surface area contributed by atoms with Gasteiger partial charge in [0, 0.05) is 52.1 Å². The standard InChI is InChI=1S/C31H41F2N3O3/c1-22(37)34-15-13-23(14-16-34)19-28(38)36-18-17-35(21-27(36)31(2,3)4)29(24-9-6-5-7-10-24)25-11-8-12-26(20-25)39-30(32)33/h5-12,20,23,27,29-30H,13-19,21H2,1-4H3/t27-,29?/m1/s1. The number of nitrogens with zero attached hydrogens (tertiary/aromatic N) is 3. The van der Waals surface area contributed by atoms with Gasteiger partial charge in [-0.2, -0.15) is 8.78 Å². The number of rotatable bonds is 7. The van der Waals surface area contributed by atoms with E-state index in [9.17, 15) is 18.4 Å². The fourth-order valence-electron chi connectivity index (χ4n) is 6.00. The molecule has 8 heteroatoms. The molecule has 0 saturated carbocycles. The minimum Gasteiger partial charge on any atom is -0.435 e. The van der Waals surface area contributed by atoms with E-state index in [1.807, 2.05) is 29.2 Å². The van der Waals surface area contributed by atoms with Crippen LogP contribution in [0.3, 0.4) is 0 Å². The molecule has 0 radical (unpaired) electrons. The maximum atomic E-state index is 13.6. The average molecular weight is 542 g/mol. The van der Waals surface area contributed by atoms with Crippen LogP contribution in [0.15, 0.2) is 54.6 Å². The van der Waals surface area contributed by atoms with Crippen LogP contribution in [-0.2, 0) is 9.59 Å². The molecule has 39 heavy (non-hydrogen) atoms. The average Bonchev–Trinajstić information content (AvgIpc) is 2.89. The van der Waals surface area contributed by atoms with Gasteiger partial charge in [0.05, 0.1) is 6.04 Å². The van der Waals surface area contributed by atoms with Crippen molar-refractivity contribution < 1.29 is 23.1 Å². The maximum absolute atomic E-state index is 13.6. The number of carbonyl (C=O) groups is 2. The molecule has 2 fully saturated rings. The smallest absolute Gasteiger partial charge is 0.387 e. The highest BCUT2D eigenvalue weighted by Crippen LogP contribution is 2.37. The van der Waals surface area contributed by atoms with Crippen molar-refractivity contribution in [2.75, 3.05) is 32.7 Å². The lowest BCUT2D eigenvalue weighted by molar-refractivity contribution is -0.141. The first-order valence-corrected chi connectivity index (χ1v) is 13.9. The van der Waals surface area contributed by atoms with E-state index in [1.165, 1.54) is 0 Å². The molecule has 2 saturated heterocycles. The Morgan fingerprint density at radius 1 is 0.949 bits per heavy atom. The molecule has 0 spiro atoms. The van der Waals surface area contributed by atoms with Crippen LogP contribution in [0, 0.1) is 11.3 Å². The molecule has 2 aliphatic rings. The Labute approximate surface area is 230 Å². The first-order valence-electron chi connectivity index (χ1n) is 13.9. The van der Waals surface area contributed by atoms with Gasteiger partial charge in [0.2, 0.25) is 11.8 Å². The number of hydrogen-bond acceptors (Lipinski definition) is 4. The molecule has 0 bridgehead atoms. The second-order valence-electron chi connectivity index (χ2n) is 11.9. The molecule has 2 atom stereocenters. The fourth-order valence-corrected chi connectivity index (χ4v) is 6.00. The molecule has 0 aromatic heterocycles. The summed E-state index contributed by atoms with van der Waals surface area (Å²) in [7, 11) is 0. The molecule has 2 heterocycles. The van der Waals surface area contributed by atoms with Crippen molar-refractivity contribution >= 4 is 11.8 Å². The minimum absolute atomic E-state index is 0.0113. The molecule has 2 aromatic rings. The molecule has 6 nitrogen and oxygen atoms in total. The van der Waals surface area contributed by atoms with Crippen molar-refractivity contribution in [3.8, 4) is 5.75 Å². The summed E-state index contributed by atoms with van der Waals surface area (Å²) in [6, 6.07) is 16.8. The topological polar surface area (TPSA) is 53.1 Å². The highest BCUT2D eigenvalue weighted by atomic mass is 19.3. The number of amides is 2. The van der Waals surface area contributed by atoms with E-state index in [0.29, 0.717) is 32.0 Å². The van der Waals surface area contributed by atoms with E-state index in [0.717, 1.165) is 37.1 Å². The van der Waals surface area contributed by atoms with Crippen LogP contribution >= 0.6 is 0 Å². The van der Waals surface area contributed by atoms with Crippen LogP contribution in [0.25, 0.3) is 0 Å². The first-order chi connectivity index (χ1) is 18.5. The summed E-state index contributed by atoms with van der Waals surface area (Å²) >= 11 is 0. The second kappa shape index (κ2) is 12.5. The Morgan fingerprint density at radius 2 is 1.62 bits per heavy atom. The number of ether oxygens (including phenoxy) is 1. The van der Waals surface area contributed by atoms with Gasteiger partial charge < -0.3 is 14.5 Å². The highest BCUT2D eigenvalue weighted by molar-refractivity contribution is 5.77. The predicted molar refractivity (Wildman–Crippen MR) is 147 cm³/mol. The van der Waals surface area contributed by atoms with Gasteiger partial charge in [-0.3, -0.25) is 14.5 Å². The van der Waals surface area contributed by atoms with E-state index in [1.54, 1.807) is 25.1 Å². The summed E-state index contributed by atoms with van der Waals surface area (Å²) in [5.74, 6) is 0.712. The Balaban J connectivity index is 1.54. The van der Waals surface area contributed by atoms with Gasteiger partial charge in [0.25, 0.3) is 0 Å². The van der Waals surface area contributed by atoms with Crippen LogP contribution in [-0.4, -0.2) is 71.9 Å². The number of piperidine rings is 1. The molecular weight excluding hydrogens is 500 g/mol. The third-order valence-corrected chi connectivity index (χ3v) is 8.13. The normalized spacial score (nSPS) is 20.2. The van der Waals surface area contributed by atoms with E-state index in [-0.39, 0.29) is 35.1 Å². The largest absolute Gasteiger partial charge is 0.435 e. The van der Waals surface area contributed by atoms with Gasteiger partial charge in [0.1, 0.15) is 5.75 Å². The van der Waals surface area contributed by atoms with Crippen LogP contribution < -0.4 is 4.74 Å².